The van der Waals surface area contributed by atoms with Gasteiger partial charge in [0.1, 0.15) is 48.8 Å². The molecule has 3 N–H and O–H groups in total. The molecule has 50 atom stereocenters. The summed E-state index contributed by atoms with van der Waals surface area (Å²) in [6, 6.07) is 40.4. The summed E-state index contributed by atoms with van der Waals surface area (Å²) in [7, 11) is 0. The lowest BCUT2D eigenvalue weighted by molar-refractivity contribution is -0.381. The van der Waals surface area contributed by atoms with Crippen LogP contribution in [0.4, 0.5) is 0 Å². The van der Waals surface area contributed by atoms with Crippen LogP contribution in [0.1, 0.15) is 274 Å². The third-order valence-corrected chi connectivity index (χ3v) is 36.0. The first-order valence-corrected chi connectivity index (χ1v) is 55.3. The Bertz CT molecular complexity index is 4140. The van der Waals surface area contributed by atoms with Gasteiger partial charge in [-0.3, -0.25) is 0 Å². The molecule has 142 heavy (non-hydrogen) atoms. The summed E-state index contributed by atoms with van der Waals surface area (Å²) >= 11 is 0. The fourth-order valence-electron chi connectivity index (χ4n) is 23.6. The summed E-state index contributed by atoms with van der Waals surface area (Å²) in [5.41, 5.74) is 4.18. The Kier molecular flexibility index (Phi) is 46.8. The summed E-state index contributed by atoms with van der Waals surface area (Å²) < 4.78 is 142. The van der Waals surface area contributed by atoms with Gasteiger partial charge >= 0.3 is 0 Å². The van der Waals surface area contributed by atoms with Gasteiger partial charge in [0.2, 0.25) is 0 Å². The van der Waals surface area contributed by atoms with Gasteiger partial charge in [-0.15, -0.1) is 0 Å². The van der Waals surface area contributed by atoms with Crippen molar-refractivity contribution in [2.24, 2.45) is 118 Å². The SMILES string of the molecule is CCC1O[C@@H](OCc2ccccc2)C(C)[C@@H](C)[C@@H]1O[C@@H]1OC(CC)[C@@H](O[C@@H]2OC(CO)[C@@H](O)[C@H](O[C@H]3O[C@@H](CC)[C@@H](C)C(C)C3C)C2OCc2ccccc2)[C@H](C)C1C.CCC1O[C@H](C)C(C)[C@@H](C)[C@@H]1C.CCC1O[C@H](OCC2O[C@@H](O[C@@H]3C(CC)O[C@@H](O[C@@H]4C(CC)O[C@@H](OCc5ccccc5)C(C)[C@H]4C)C(C)[C@H]3C)C(OCc3ccccc3)[C@@H](O[C@H]3O[C@@H](CC)[C@@H](C)C(C)C3C)[C@@H]2O)C(C)[C@@H](C)[C@@H]1C.[S-2]. The largest absolute Gasteiger partial charge is 2.00 e. The van der Waals surface area contributed by atoms with Crippen molar-refractivity contribution in [1.82, 2.24) is 0 Å². The lowest BCUT2D eigenvalue weighted by Gasteiger charge is -2.52. The zero-order valence-corrected chi connectivity index (χ0v) is 92.5. The molecule has 0 aromatic heterocycles. The Balaban J connectivity index is 0.000000243. The van der Waals surface area contributed by atoms with Crippen molar-refractivity contribution in [2.75, 3.05) is 13.2 Å². The van der Waals surface area contributed by atoms with Gasteiger partial charge in [0.25, 0.3) is 0 Å². The quantitative estimate of drug-likeness (QED) is 0.0382. The van der Waals surface area contributed by atoms with E-state index in [9.17, 15) is 15.3 Å². The number of ether oxygens (including phenoxy) is 21. The zero-order valence-electron chi connectivity index (χ0n) is 91.6. The van der Waals surface area contributed by atoms with Crippen LogP contribution in [0, 0.1) is 118 Å². The molecule has 808 valence electrons. The van der Waals surface area contributed by atoms with Gasteiger partial charge in [-0.05, 0) is 157 Å². The summed E-state index contributed by atoms with van der Waals surface area (Å²) in [5.74, 6) is 4.97. The molecule has 24 nitrogen and oxygen atoms in total. The number of hydrogen-bond acceptors (Lipinski definition) is 24. The Labute approximate surface area is 861 Å². The summed E-state index contributed by atoms with van der Waals surface area (Å²) in [6.45, 7) is 65.1. The Hall–Kier alpha value is -3.73. The summed E-state index contributed by atoms with van der Waals surface area (Å²) in [5, 5.41) is 34.9. The number of hydrogen-bond donors (Lipinski definition) is 3. The molecule has 10 heterocycles. The first kappa shape index (κ1) is 119. The number of rotatable bonds is 36. The molecule has 10 aliphatic heterocycles. The summed E-state index contributed by atoms with van der Waals surface area (Å²) in [6.07, 6.45) is -7.37. The highest BCUT2D eigenvalue weighted by Crippen LogP contribution is 2.49. The molecule has 0 bridgehead atoms. The lowest BCUT2D eigenvalue weighted by atomic mass is 9.76. The summed E-state index contributed by atoms with van der Waals surface area (Å²) in [4.78, 5) is 0. The van der Waals surface area contributed by atoms with Crippen molar-refractivity contribution < 1.29 is 115 Å². The first-order chi connectivity index (χ1) is 67.6. The maximum absolute atomic E-state index is 12.6. The monoisotopic (exact) mass is 2010 g/mol. The van der Waals surface area contributed by atoms with Crippen LogP contribution in [-0.2, 0) is 139 Å². The van der Waals surface area contributed by atoms with Gasteiger partial charge in [-0.2, -0.15) is 0 Å². The van der Waals surface area contributed by atoms with E-state index in [1.54, 1.807) is 0 Å². The van der Waals surface area contributed by atoms with Crippen LogP contribution in [0.15, 0.2) is 121 Å². The third kappa shape index (κ3) is 28.6. The van der Waals surface area contributed by atoms with Crippen LogP contribution in [0.5, 0.6) is 0 Å². The van der Waals surface area contributed by atoms with Crippen molar-refractivity contribution >= 4 is 13.5 Å². The van der Waals surface area contributed by atoms with Gasteiger partial charge < -0.3 is 128 Å². The molecule has 0 saturated carbocycles. The van der Waals surface area contributed by atoms with E-state index in [2.05, 4.69) is 225 Å². The molecule has 10 fully saturated rings. The average molecular weight is 2010 g/mol. The molecule has 0 spiro atoms. The van der Waals surface area contributed by atoms with Crippen LogP contribution in [-0.4, -0.2) is 213 Å². The van der Waals surface area contributed by atoms with Crippen LogP contribution in [0.25, 0.3) is 0 Å². The lowest BCUT2D eigenvalue weighted by Crippen LogP contribution is -2.64. The van der Waals surface area contributed by atoms with E-state index in [0.29, 0.717) is 79.7 Å². The van der Waals surface area contributed by atoms with Crippen LogP contribution >= 0.6 is 0 Å². The van der Waals surface area contributed by atoms with E-state index >= 15 is 0 Å². The van der Waals surface area contributed by atoms with E-state index in [4.69, 9.17) is 99.5 Å². The molecule has 4 aromatic rings. The average Bonchev–Trinajstić information content (AvgIpc) is 0.762. The normalized spacial score (nSPS) is 44.1. The van der Waals surface area contributed by atoms with E-state index in [-0.39, 0.29) is 166 Å². The highest BCUT2D eigenvalue weighted by Gasteiger charge is 2.58. The minimum atomic E-state index is -1.19. The van der Waals surface area contributed by atoms with Crippen molar-refractivity contribution in [3.8, 4) is 0 Å². The fourth-order valence-corrected chi connectivity index (χ4v) is 23.6. The van der Waals surface area contributed by atoms with Gasteiger partial charge in [0.05, 0.1) is 119 Å². The Morgan fingerprint density at radius 2 is 0.423 bits per heavy atom. The second-order valence-corrected chi connectivity index (χ2v) is 44.4. The highest BCUT2D eigenvalue weighted by atomic mass is 32.1. The molecule has 0 radical (unpaired) electrons. The maximum atomic E-state index is 12.6. The molecule has 14 rings (SSSR count). The standard InChI is InChI=1S/C58H92O12.C48H74O11.C11H22O.S/c1-15-44-34(7)32(5)38(11)54(63-44)62-31-48-49(59)52(70-56-39(12)33(6)35(8)45(16-2)64-56)53(60-29-42-25-21-19-22-26-42)58(67-48)69-51-37(10)41(14)57(66-47(51)18-4)68-50-36(9)40(13)55(65-46(50)17-3)61-30-43-27-23-20-24-28-43;1-11-36-28(5)27(4)31(8)46(53-36)59-43-40(50)39(24-49)56-48(44(43)51-25-34-20-16-14-17-21-34)58-42-30(7)33(10)47(55-38(42)13-3)57-41-29(6)32(9)45(54-37(41)12-2)52-26-35-22-18-15-19-23-35;1-6-11-9(4)7(2)8(3)10(5)12-11;/h19-28,32-41,44-59H,15-18,29-31H2,1-14H3;14-23,27-33,36-50H,11-13,24-26H2,1-10H3;7-11H,6H2,1-5H3;/q;;;-2/t32-,33?,34-,35-,36+,37+,38?,39?,40?,41?,44?,45-,46?,47?,48?,49+,50-,51-,52-,53?,54-,55+,56+,57-,58-;27?,28-,29+,30+,31?,32?,33?,36-,37?,38?,39?,40+,41-,42-,43-,44?,45+,46+,47-,48-;7-,8?,9+,10-,11?;/m001./s1. The number of aliphatic hydroxyl groups excluding tert-OH is 3. The molecule has 4 aromatic carbocycles. The minimum Gasteiger partial charge on any atom is -2.00 e. The topological polar surface area (TPSA) is 255 Å². The van der Waals surface area contributed by atoms with E-state index in [1.165, 1.54) is 0 Å². The zero-order chi connectivity index (χ0) is 102. The van der Waals surface area contributed by atoms with Crippen LogP contribution in [0.2, 0.25) is 0 Å². The fraction of sp³-hybridized carbons (Fsp3) is 0.795. The molecule has 25 heteroatoms. The Morgan fingerprint density at radius 1 is 0.204 bits per heavy atom. The molecule has 0 amide bonds. The molecule has 10 saturated heterocycles. The maximum Gasteiger partial charge on any atom is 0.187 e. The van der Waals surface area contributed by atoms with E-state index < -0.39 is 112 Å². The molecule has 20 unspecified atom stereocenters. The van der Waals surface area contributed by atoms with Crippen molar-refractivity contribution in [1.29, 1.82) is 0 Å². The predicted octanol–water partition coefficient (Wildman–Crippen LogP) is 21.9. The second-order valence-electron chi connectivity index (χ2n) is 44.4. The second kappa shape index (κ2) is 56.0. The molecule has 0 aliphatic carbocycles. The van der Waals surface area contributed by atoms with Gasteiger partial charge in [0.15, 0.2) is 56.6 Å². The number of aliphatic hydroxyl groups is 3. The first-order valence-electron chi connectivity index (χ1n) is 55.3. The van der Waals surface area contributed by atoms with Crippen molar-refractivity contribution in [2.45, 2.75) is 463 Å². The minimum absolute atomic E-state index is 0. The van der Waals surface area contributed by atoms with Crippen molar-refractivity contribution in [3.63, 3.8) is 0 Å². The molecular formula is C117H188O24S-2. The highest BCUT2D eigenvalue weighted by molar-refractivity contribution is 7.37. The van der Waals surface area contributed by atoms with Crippen LogP contribution in [0.3, 0.4) is 0 Å². The van der Waals surface area contributed by atoms with Gasteiger partial charge in [-0.1, -0.05) is 315 Å². The van der Waals surface area contributed by atoms with Gasteiger partial charge in [0, 0.05) is 41.4 Å². The molecule has 10 aliphatic rings. The molecular weight excluding hydrogens is 1820 g/mol. The van der Waals surface area contributed by atoms with E-state index in [1.807, 2.05) is 97.1 Å². The number of benzene rings is 4. The van der Waals surface area contributed by atoms with Gasteiger partial charge in [-0.25, -0.2) is 0 Å². The third-order valence-electron chi connectivity index (χ3n) is 36.0. The van der Waals surface area contributed by atoms with E-state index in [0.717, 1.165) is 72.6 Å². The predicted molar refractivity (Wildman–Crippen MR) is 552 cm³/mol. The smallest absolute Gasteiger partial charge is 0.187 e. The van der Waals surface area contributed by atoms with Crippen LogP contribution < -0.4 is 0 Å². The van der Waals surface area contributed by atoms with Crippen molar-refractivity contribution in [3.05, 3.63) is 144 Å². The Morgan fingerprint density at radius 3 is 0.732 bits per heavy atom.